The fourth-order valence-corrected chi connectivity index (χ4v) is 3.07. The van der Waals surface area contributed by atoms with Crippen molar-refractivity contribution in [2.45, 2.75) is 6.42 Å². The molecule has 0 spiro atoms. The van der Waals surface area contributed by atoms with Crippen LogP contribution in [0.25, 0.3) is 11.3 Å². The first-order valence-electron chi connectivity index (χ1n) is 9.74. The number of hydrogen-bond donors (Lipinski definition) is 1. The van der Waals surface area contributed by atoms with Crippen LogP contribution < -0.4 is 10.2 Å². The van der Waals surface area contributed by atoms with E-state index in [2.05, 4.69) is 25.2 Å². The predicted octanol–water partition coefficient (Wildman–Crippen LogP) is 5.10. The first kappa shape index (κ1) is 19.5. The average Bonchev–Trinajstić information content (AvgIpc) is 2.80. The van der Waals surface area contributed by atoms with Crippen LogP contribution in [0.4, 0.5) is 21.8 Å². The quantitative estimate of drug-likeness (QED) is 0.469. The van der Waals surface area contributed by atoms with Crippen LogP contribution in [0.2, 0.25) is 0 Å². The highest BCUT2D eigenvalue weighted by atomic mass is 19.1. The zero-order valence-electron chi connectivity index (χ0n) is 16.7. The molecule has 1 N–H and O–H groups in total. The van der Waals surface area contributed by atoms with Gasteiger partial charge in [0, 0.05) is 43.3 Å². The van der Waals surface area contributed by atoms with Crippen LogP contribution in [0.1, 0.15) is 5.56 Å². The van der Waals surface area contributed by atoms with Gasteiger partial charge < -0.3 is 10.2 Å². The van der Waals surface area contributed by atoms with E-state index in [9.17, 15) is 4.39 Å². The Labute approximate surface area is 175 Å². The minimum absolute atomic E-state index is 0.281. The summed E-state index contributed by atoms with van der Waals surface area (Å²) in [7, 11) is 2.01. The van der Waals surface area contributed by atoms with Crippen LogP contribution in [0.3, 0.4) is 0 Å². The highest BCUT2D eigenvalue weighted by Crippen LogP contribution is 2.24. The molecule has 4 rings (SSSR count). The van der Waals surface area contributed by atoms with E-state index in [4.69, 9.17) is 0 Å². The molecule has 0 aliphatic rings. The summed E-state index contributed by atoms with van der Waals surface area (Å²) in [6.45, 7) is 0.797. The largest absolute Gasteiger partial charge is 0.359 e. The molecule has 150 valence electrons. The van der Waals surface area contributed by atoms with Gasteiger partial charge in [-0.2, -0.15) is 4.98 Å². The number of rotatable bonds is 7. The Balaban J connectivity index is 1.61. The molecule has 0 atom stereocenters. The summed E-state index contributed by atoms with van der Waals surface area (Å²) in [5.41, 5.74) is 3.78. The Kier molecular flexibility index (Phi) is 5.94. The molecule has 0 saturated heterocycles. The lowest BCUT2D eigenvalue weighted by molar-refractivity contribution is 0.628. The third-order valence-corrected chi connectivity index (χ3v) is 4.76. The molecule has 6 heteroatoms. The lowest BCUT2D eigenvalue weighted by atomic mass is 10.1. The molecule has 4 aromatic rings. The molecule has 2 aromatic carbocycles. The molecule has 0 amide bonds. The van der Waals surface area contributed by atoms with Gasteiger partial charge in [0.2, 0.25) is 5.95 Å². The summed E-state index contributed by atoms with van der Waals surface area (Å²) in [4.78, 5) is 15.5. The molecule has 0 saturated carbocycles. The molecule has 0 fully saturated rings. The molecule has 2 aromatic heterocycles. The summed E-state index contributed by atoms with van der Waals surface area (Å²) in [5.74, 6) is 0.993. The number of halogens is 1. The van der Waals surface area contributed by atoms with Crippen molar-refractivity contribution in [1.29, 1.82) is 0 Å². The predicted molar refractivity (Wildman–Crippen MR) is 118 cm³/mol. The van der Waals surface area contributed by atoms with E-state index in [1.54, 1.807) is 24.5 Å². The maximum atomic E-state index is 13.2. The number of likely N-dealkylation sites (N-methyl/N-ethyl adjacent to an activating group) is 1. The summed E-state index contributed by atoms with van der Waals surface area (Å²) in [6.07, 6.45) is 4.49. The van der Waals surface area contributed by atoms with Crippen LogP contribution in [-0.4, -0.2) is 28.5 Å². The second-order valence-corrected chi connectivity index (χ2v) is 6.96. The molecule has 5 nitrogen and oxygen atoms in total. The monoisotopic (exact) mass is 399 g/mol. The fourth-order valence-electron chi connectivity index (χ4n) is 3.07. The van der Waals surface area contributed by atoms with Crippen LogP contribution in [0.5, 0.6) is 0 Å². The van der Waals surface area contributed by atoms with E-state index in [0.29, 0.717) is 5.95 Å². The second kappa shape index (κ2) is 9.13. The van der Waals surface area contributed by atoms with Crippen molar-refractivity contribution in [3.63, 3.8) is 0 Å². The van der Waals surface area contributed by atoms with Crippen molar-refractivity contribution < 1.29 is 4.39 Å². The Bertz CT molecular complexity index is 1090. The number of pyridine rings is 1. The van der Waals surface area contributed by atoms with Gasteiger partial charge in [-0.25, -0.2) is 9.37 Å². The maximum Gasteiger partial charge on any atom is 0.229 e. The Morgan fingerprint density at radius 1 is 0.900 bits per heavy atom. The third-order valence-electron chi connectivity index (χ3n) is 4.76. The van der Waals surface area contributed by atoms with E-state index in [0.717, 1.165) is 35.7 Å². The number of benzene rings is 2. The van der Waals surface area contributed by atoms with Crippen LogP contribution in [-0.2, 0) is 6.42 Å². The topological polar surface area (TPSA) is 53.9 Å². The Hall–Kier alpha value is -3.80. The molecule has 0 unspecified atom stereocenters. The van der Waals surface area contributed by atoms with E-state index in [1.165, 1.54) is 17.7 Å². The van der Waals surface area contributed by atoms with Crippen molar-refractivity contribution in [2.75, 3.05) is 23.8 Å². The molecule has 0 radical (unpaired) electrons. The normalized spacial score (nSPS) is 10.6. The third kappa shape index (κ3) is 4.97. The highest BCUT2D eigenvalue weighted by Gasteiger charge is 2.11. The van der Waals surface area contributed by atoms with Crippen molar-refractivity contribution in [3.8, 4) is 11.3 Å². The van der Waals surface area contributed by atoms with Crippen molar-refractivity contribution >= 4 is 17.5 Å². The second-order valence-electron chi connectivity index (χ2n) is 6.96. The fraction of sp³-hybridized carbons (Fsp3) is 0.125. The molecular weight excluding hydrogens is 377 g/mol. The van der Waals surface area contributed by atoms with Gasteiger partial charge in [-0.3, -0.25) is 4.98 Å². The van der Waals surface area contributed by atoms with Gasteiger partial charge in [-0.05, 0) is 48.4 Å². The summed E-state index contributed by atoms with van der Waals surface area (Å²) >= 11 is 0. The number of aromatic nitrogens is 3. The van der Waals surface area contributed by atoms with Gasteiger partial charge >= 0.3 is 0 Å². The average molecular weight is 399 g/mol. The van der Waals surface area contributed by atoms with Gasteiger partial charge in [0.05, 0.1) is 5.69 Å². The van der Waals surface area contributed by atoms with E-state index in [-0.39, 0.29) is 5.82 Å². The zero-order chi connectivity index (χ0) is 20.8. The van der Waals surface area contributed by atoms with Gasteiger partial charge in [-0.15, -0.1) is 0 Å². The first-order chi connectivity index (χ1) is 14.7. The highest BCUT2D eigenvalue weighted by molar-refractivity contribution is 5.66. The SMILES string of the molecule is CN(CCc1ccncc1)c1cc(-c2ccccc2)nc(Nc2ccc(F)cc2)n1. The number of nitrogens with one attached hydrogen (secondary N) is 1. The zero-order valence-corrected chi connectivity index (χ0v) is 16.7. The van der Waals surface area contributed by atoms with Gasteiger partial charge in [0.25, 0.3) is 0 Å². The minimum Gasteiger partial charge on any atom is -0.359 e. The standard InChI is InChI=1S/C24H22FN5/c1-30(16-13-18-11-14-26-15-12-18)23-17-22(19-5-3-2-4-6-19)28-24(29-23)27-21-9-7-20(25)8-10-21/h2-12,14-15,17H,13,16H2,1H3,(H,27,28,29). The maximum absolute atomic E-state index is 13.2. The molecule has 0 aliphatic heterocycles. The van der Waals surface area contributed by atoms with Crippen LogP contribution in [0.15, 0.2) is 85.2 Å². The van der Waals surface area contributed by atoms with E-state index < -0.39 is 0 Å². The van der Waals surface area contributed by atoms with Gasteiger partial charge in [-0.1, -0.05) is 30.3 Å². The van der Waals surface area contributed by atoms with E-state index in [1.807, 2.05) is 55.6 Å². The molecule has 30 heavy (non-hydrogen) atoms. The molecule has 0 aliphatic carbocycles. The summed E-state index contributed by atoms with van der Waals surface area (Å²) < 4.78 is 13.2. The number of anilines is 3. The lowest BCUT2D eigenvalue weighted by Crippen LogP contribution is -2.22. The van der Waals surface area contributed by atoms with E-state index >= 15 is 0 Å². The van der Waals surface area contributed by atoms with Crippen molar-refractivity contribution in [3.05, 3.63) is 96.6 Å². The Morgan fingerprint density at radius 3 is 2.37 bits per heavy atom. The first-order valence-corrected chi connectivity index (χ1v) is 9.74. The molecule has 2 heterocycles. The number of nitrogens with zero attached hydrogens (tertiary/aromatic N) is 4. The molecule has 0 bridgehead atoms. The van der Waals surface area contributed by atoms with Crippen LogP contribution in [0, 0.1) is 5.82 Å². The van der Waals surface area contributed by atoms with Gasteiger partial charge in [0.1, 0.15) is 11.6 Å². The lowest BCUT2D eigenvalue weighted by Gasteiger charge is -2.20. The smallest absolute Gasteiger partial charge is 0.229 e. The van der Waals surface area contributed by atoms with Crippen molar-refractivity contribution in [1.82, 2.24) is 15.0 Å². The Morgan fingerprint density at radius 2 is 1.63 bits per heavy atom. The number of hydrogen-bond acceptors (Lipinski definition) is 5. The van der Waals surface area contributed by atoms with Crippen molar-refractivity contribution in [2.24, 2.45) is 0 Å². The summed E-state index contributed by atoms with van der Waals surface area (Å²) in [6, 6.07) is 22.2. The van der Waals surface area contributed by atoms with Gasteiger partial charge in [0.15, 0.2) is 0 Å². The van der Waals surface area contributed by atoms with Crippen LogP contribution >= 0.6 is 0 Å². The minimum atomic E-state index is -0.281. The summed E-state index contributed by atoms with van der Waals surface area (Å²) in [5, 5.41) is 3.19. The molecular formula is C24H22FN5.